The average molecular weight is 586 g/mol. The van der Waals surface area contributed by atoms with Crippen molar-refractivity contribution < 1.29 is 8.42 Å². The summed E-state index contributed by atoms with van der Waals surface area (Å²) in [5.41, 5.74) is 2.50. The van der Waals surface area contributed by atoms with Crippen LogP contribution in [0.15, 0.2) is 70.2 Å². The maximum Gasteiger partial charge on any atom is 0.243 e. The summed E-state index contributed by atoms with van der Waals surface area (Å²) in [5, 5.41) is 17.6. The van der Waals surface area contributed by atoms with Crippen molar-refractivity contribution in [1.29, 1.82) is 5.26 Å². The Hall–Kier alpha value is -2.97. The van der Waals surface area contributed by atoms with Crippen molar-refractivity contribution in [3.8, 4) is 17.3 Å². The largest absolute Gasteiger partial charge is 0.370 e. The first-order valence-electron chi connectivity index (χ1n) is 11.4. The minimum absolute atomic E-state index is 0.0960. The molecule has 1 aliphatic rings. The molecule has 1 aliphatic heterocycles. The van der Waals surface area contributed by atoms with Gasteiger partial charge in [0.1, 0.15) is 5.82 Å². The SMILES string of the molecule is N#Cc1cccc(S(=O)(=O)N2CCCC(CNc3cc(-c4ccccc4Cl)nc4c(Br)cnn34)C2)c1. The summed E-state index contributed by atoms with van der Waals surface area (Å²) in [5.74, 6) is 0.834. The molecule has 2 aromatic carbocycles. The molecule has 1 fully saturated rings. The summed E-state index contributed by atoms with van der Waals surface area (Å²) in [6.45, 7) is 1.40. The standard InChI is InChI=1S/C25H22BrClN6O2S/c26-21-15-30-33-24(12-23(31-25(21)33)20-8-1-2-9-22(20)27)29-14-18-6-4-10-32(16-18)36(34,35)19-7-3-5-17(11-19)13-28/h1-3,5,7-9,11-12,15,18,29H,4,6,10,14,16H2. The van der Waals surface area contributed by atoms with Gasteiger partial charge in [0.05, 0.1) is 32.9 Å². The molecule has 11 heteroatoms. The Labute approximate surface area is 222 Å². The molecule has 8 nitrogen and oxygen atoms in total. The first kappa shape index (κ1) is 24.7. The molecule has 2 aromatic heterocycles. The minimum Gasteiger partial charge on any atom is -0.370 e. The Morgan fingerprint density at radius 3 is 2.83 bits per heavy atom. The molecule has 0 spiro atoms. The Balaban J connectivity index is 1.38. The van der Waals surface area contributed by atoms with Crippen LogP contribution in [0.5, 0.6) is 0 Å². The zero-order chi connectivity index (χ0) is 25.3. The van der Waals surface area contributed by atoms with Crippen LogP contribution in [0.25, 0.3) is 16.9 Å². The maximum absolute atomic E-state index is 13.2. The second-order valence-electron chi connectivity index (χ2n) is 8.63. The van der Waals surface area contributed by atoms with Crippen LogP contribution in [-0.4, -0.2) is 47.0 Å². The fourth-order valence-electron chi connectivity index (χ4n) is 4.40. The van der Waals surface area contributed by atoms with Crippen LogP contribution in [0.3, 0.4) is 0 Å². The zero-order valence-corrected chi connectivity index (χ0v) is 22.3. The molecule has 0 amide bonds. The summed E-state index contributed by atoms with van der Waals surface area (Å²) in [7, 11) is -3.68. The van der Waals surface area contributed by atoms with Gasteiger partial charge in [-0.1, -0.05) is 35.9 Å². The average Bonchev–Trinajstić information content (AvgIpc) is 3.28. The van der Waals surface area contributed by atoms with E-state index in [1.54, 1.807) is 22.8 Å². The number of fused-ring (bicyclic) bond motifs is 1. The van der Waals surface area contributed by atoms with Crippen molar-refractivity contribution >= 4 is 49.0 Å². The van der Waals surface area contributed by atoms with Gasteiger partial charge in [-0.25, -0.2) is 13.4 Å². The predicted octanol–water partition coefficient (Wildman–Crippen LogP) is 5.20. The molecule has 1 unspecified atom stereocenters. The third-order valence-corrected chi connectivity index (χ3v) is 8.98. The number of piperidine rings is 1. The van der Waals surface area contributed by atoms with E-state index in [-0.39, 0.29) is 10.8 Å². The third kappa shape index (κ3) is 4.84. The van der Waals surface area contributed by atoms with Crippen molar-refractivity contribution in [2.75, 3.05) is 25.0 Å². The number of nitrogens with one attached hydrogen (secondary N) is 1. The first-order valence-corrected chi connectivity index (χ1v) is 14.0. The quantitative estimate of drug-likeness (QED) is 0.334. The highest BCUT2D eigenvalue weighted by molar-refractivity contribution is 9.10. The molecule has 1 atom stereocenters. The fraction of sp³-hybridized carbons (Fsp3) is 0.240. The van der Waals surface area contributed by atoms with Crippen LogP contribution in [0.1, 0.15) is 18.4 Å². The molecule has 1 saturated heterocycles. The third-order valence-electron chi connectivity index (χ3n) is 6.23. The van der Waals surface area contributed by atoms with Gasteiger partial charge in [-0.2, -0.15) is 19.2 Å². The molecule has 1 N–H and O–H groups in total. The van der Waals surface area contributed by atoms with Gasteiger partial charge in [-0.15, -0.1) is 0 Å². The topological polar surface area (TPSA) is 103 Å². The van der Waals surface area contributed by atoms with E-state index < -0.39 is 10.0 Å². The molecule has 5 rings (SSSR count). The van der Waals surface area contributed by atoms with E-state index in [1.165, 1.54) is 16.4 Å². The van der Waals surface area contributed by atoms with E-state index in [0.717, 1.165) is 28.7 Å². The molecule has 184 valence electrons. The number of nitrogens with zero attached hydrogens (tertiary/aromatic N) is 5. The summed E-state index contributed by atoms with van der Waals surface area (Å²) in [4.78, 5) is 4.88. The second kappa shape index (κ2) is 10.2. The van der Waals surface area contributed by atoms with E-state index in [0.29, 0.717) is 41.6 Å². The van der Waals surface area contributed by atoms with Crippen LogP contribution < -0.4 is 5.32 Å². The summed E-state index contributed by atoms with van der Waals surface area (Å²) in [6.07, 6.45) is 3.34. The first-order chi connectivity index (χ1) is 17.4. The van der Waals surface area contributed by atoms with Gasteiger partial charge in [-0.3, -0.25) is 0 Å². The van der Waals surface area contributed by atoms with E-state index in [4.69, 9.17) is 21.8 Å². The number of sulfonamides is 1. The summed E-state index contributed by atoms with van der Waals surface area (Å²) < 4.78 is 30.5. The number of benzene rings is 2. The van der Waals surface area contributed by atoms with E-state index in [9.17, 15) is 8.42 Å². The number of nitriles is 1. The van der Waals surface area contributed by atoms with Crippen molar-refractivity contribution in [3.05, 3.63) is 75.9 Å². The molecule has 3 heterocycles. The molecule has 0 bridgehead atoms. The van der Waals surface area contributed by atoms with Crippen LogP contribution in [0.4, 0.5) is 5.82 Å². The molecule has 0 radical (unpaired) electrons. The zero-order valence-electron chi connectivity index (χ0n) is 19.1. The number of aromatic nitrogens is 3. The van der Waals surface area contributed by atoms with Crippen molar-refractivity contribution in [2.24, 2.45) is 5.92 Å². The Bertz CT molecular complexity index is 1580. The van der Waals surface area contributed by atoms with E-state index >= 15 is 0 Å². The van der Waals surface area contributed by atoms with Gasteiger partial charge in [0.2, 0.25) is 10.0 Å². The van der Waals surface area contributed by atoms with E-state index in [2.05, 4.69) is 26.3 Å². The lowest BCUT2D eigenvalue weighted by Gasteiger charge is -2.32. The Morgan fingerprint density at radius 1 is 1.19 bits per heavy atom. The van der Waals surface area contributed by atoms with Crippen molar-refractivity contribution in [1.82, 2.24) is 18.9 Å². The highest BCUT2D eigenvalue weighted by atomic mass is 79.9. The normalized spacial score (nSPS) is 16.6. The number of hydrogen-bond donors (Lipinski definition) is 1. The summed E-state index contributed by atoms with van der Waals surface area (Å²) >= 11 is 9.94. The monoisotopic (exact) mass is 584 g/mol. The van der Waals surface area contributed by atoms with Gasteiger partial charge in [0, 0.05) is 36.3 Å². The van der Waals surface area contributed by atoms with Gasteiger partial charge < -0.3 is 5.32 Å². The Kier molecular flexibility index (Phi) is 6.99. The van der Waals surface area contributed by atoms with Gasteiger partial charge >= 0.3 is 0 Å². The number of anilines is 1. The highest BCUT2D eigenvalue weighted by Gasteiger charge is 2.30. The minimum atomic E-state index is -3.68. The van der Waals surface area contributed by atoms with Crippen molar-refractivity contribution in [3.63, 3.8) is 0 Å². The Morgan fingerprint density at radius 2 is 2.03 bits per heavy atom. The van der Waals surface area contributed by atoms with Crippen LogP contribution in [-0.2, 0) is 10.0 Å². The van der Waals surface area contributed by atoms with Gasteiger partial charge in [-0.05, 0) is 59.0 Å². The lowest BCUT2D eigenvalue weighted by Crippen LogP contribution is -2.41. The predicted molar refractivity (Wildman–Crippen MR) is 142 cm³/mol. The molecule has 0 aliphatic carbocycles. The second-order valence-corrected chi connectivity index (χ2v) is 11.8. The number of halogens is 2. The molecule has 36 heavy (non-hydrogen) atoms. The van der Waals surface area contributed by atoms with Gasteiger partial charge in [0.25, 0.3) is 0 Å². The maximum atomic E-state index is 13.2. The lowest BCUT2D eigenvalue weighted by molar-refractivity contribution is 0.275. The van der Waals surface area contributed by atoms with Crippen LogP contribution in [0, 0.1) is 17.2 Å². The summed E-state index contributed by atoms with van der Waals surface area (Å²) in [6, 6.07) is 17.6. The van der Waals surface area contributed by atoms with E-state index in [1.807, 2.05) is 36.4 Å². The lowest BCUT2D eigenvalue weighted by atomic mass is 10.00. The van der Waals surface area contributed by atoms with Crippen LogP contribution in [0.2, 0.25) is 5.02 Å². The fourth-order valence-corrected chi connectivity index (χ4v) is 6.59. The van der Waals surface area contributed by atoms with Crippen molar-refractivity contribution in [2.45, 2.75) is 17.7 Å². The molecular weight excluding hydrogens is 564 g/mol. The number of rotatable bonds is 6. The molecule has 4 aromatic rings. The molecular formula is C25H22BrClN6O2S. The van der Waals surface area contributed by atoms with Crippen LogP contribution >= 0.6 is 27.5 Å². The highest BCUT2D eigenvalue weighted by Crippen LogP contribution is 2.31. The smallest absolute Gasteiger partial charge is 0.243 e. The van der Waals surface area contributed by atoms with Gasteiger partial charge in [0.15, 0.2) is 5.65 Å². The molecule has 0 saturated carbocycles. The number of hydrogen-bond acceptors (Lipinski definition) is 6.